The van der Waals surface area contributed by atoms with E-state index in [1.807, 2.05) is 6.07 Å². The number of hydrogen-bond donors (Lipinski definition) is 0. The largest absolute Gasteiger partial charge is 0.462 e. The Morgan fingerprint density at radius 2 is 2.28 bits per heavy atom. The van der Waals surface area contributed by atoms with Gasteiger partial charge >= 0.3 is 5.97 Å². The van der Waals surface area contributed by atoms with Gasteiger partial charge < -0.3 is 4.74 Å². The van der Waals surface area contributed by atoms with Crippen LogP contribution in [0, 0.1) is 0 Å². The molecule has 0 aliphatic rings. The Hall–Kier alpha value is -2.59. The van der Waals surface area contributed by atoms with E-state index in [4.69, 9.17) is 10.3 Å². The highest BCUT2D eigenvalue weighted by Gasteiger charge is 2.15. The Morgan fingerprint density at radius 1 is 1.50 bits per heavy atom. The van der Waals surface area contributed by atoms with E-state index in [1.165, 1.54) is 6.20 Å². The molecule has 0 radical (unpaired) electrons. The van der Waals surface area contributed by atoms with E-state index < -0.39 is 5.97 Å². The number of esters is 1. The third kappa shape index (κ3) is 2.09. The first-order valence-corrected chi connectivity index (χ1v) is 5.38. The van der Waals surface area contributed by atoms with Crippen molar-refractivity contribution >= 4 is 22.6 Å². The maximum absolute atomic E-state index is 11.7. The molecule has 0 unspecified atom stereocenters. The lowest BCUT2D eigenvalue weighted by Gasteiger charge is -2.07. The van der Waals surface area contributed by atoms with Crippen LogP contribution in [-0.4, -0.2) is 17.6 Å². The van der Waals surface area contributed by atoms with E-state index in [1.54, 1.807) is 25.1 Å². The van der Waals surface area contributed by atoms with Gasteiger partial charge in [-0.05, 0) is 18.5 Å². The van der Waals surface area contributed by atoms with Gasteiger partial charge in [-0.2, -0.15) is 0 Å². The predicted molar refractivity (Wildman–Crippen MR) is 66.5 cm³/mol. The minimum absolute atomic E-state index is 0.174. The quantitative estimate of drug-likeness (QED) is 0.358. The molecule has 18 heavy (non-hydrogen) atoms. The van der Waals surface area contributed by atoms with Crippen LogP contribution in [0.1, 0.15) is 17.3 Å². The van der Waals surface area contributed by atoms with Crippen LogP contribution < -0.4 is 0 Å². The number of carbonyl (C=O) groups excluding carboxylic acids is 1. The first-order chi connectivity index (χ1) is 8.77. The number of carbonyl (C=O) groups is 1. The van der Waals surface area contributed by atoms with E-state index in [9.17, 15) is 4.79 Å². The lowest BCUT2D eigenvalue weighted by atomic mass is 10.1. The van der Waals surface area contributed by atoms with Crippen molar-refractivity contribution < 1.29 is 9.53 Å². The van der Waals surface area contributed by atoms with Gasteiger partial charge in [0.1, 0.15) is 0 Å². The summed E-state index contributed by atoms with van der Waals surface area (Å²) in [5, 5.41) is 4.20. The zero-order valence-electron chi connectivity index (χ0n) is 9.70. The third-order valence-corrected chi connectivity index (χ3v) is 2.39. The second kappa shape index (κ2) is 5.16. The fourth-order valence-corrected chi connectivity index (χ4v) is 1.64. The fourth-order valence-electron chi connectivity index (χ4n) is 1.64. The number of fused-ring (bicyclic) bond motifs is 1. The summed E-state index contributed by atoms with van der Waals surface area (Å²) in [5.74, 6) is -0.543. The summed E-state index contributed by atoms with van der Waals surface area (Å²) < 4.78 is 4.90. The summed E-state index contributed by atoms with van der Waals surface area (Å²) in [6.45, 7) is 1.96. The summed E-state index contributed by atoms with van der Waals surface area (Å²) >= 11 is 0. The van der Waals surface area contributed by atoms with E-state index in [2.05, 4.69) is 15.0 Å². The van der Waals surface area contributed by atoms with Crippen molar-refractivity contribution in [2.75, 3.05) is 6.61 Å². The molecule has 0 aliphatic carbocycles. The van der Waals surface area contributed by atoms with Gasteiger partial charge in [0, 0.05) is 16.5 Å². The number of pyridine rings is 1. The minimum atomic E-state index is -0.543. The van der Waals surface area contributed by atoms with Crippen molar-refractivity contribution in [1.82, 2.24) is 4.98 Å². The number of rotatable bonds is 3. The van der Waals surface area contributed by atoms with Crippen molar-refractivity contribution in [1.29, 1.82) is 0 Å². The number of hydrogen-bond acceptors (Lipinski definition) is 4. The van der Waals surface area contributed by atoms with Crippen LogP contribution in [0.25, 0.3) is 21.3 Å². The molecule has 0 amide bonds. The molecule has 1 aromatic heterocycles. The van der Waals surface area contributed by atoms with Gasteiger partial charge in [-0.1, -0.05) is 23.3 Å². The van der Waals surface area contributed by atoms with Gasteiger partial charge in [-0.25, -0.2) is 4.79 Å². The smallest absolute Gasteiger partial charge is 0.340 e. The highest BCUT2D eigenvalue weighted by Crippen LogP contribution is 2.29. The molecule has 0 aliphatic heterocycles. The Kier molecular flexibility index (Phi) is 3.41. The first kappa shape index (κ1) is 11.9. The lowest BCUT2D eigenvalue weighted by Crippen LogP contribution is -2.05. The molecule has 0 atom stereocenters. The van der Waals surface area contributed by atoms with E-state index >= 15 is 0 Å². The summed E-state index contributed by atoms with van der Waals surface area (Å²) in [7, 11) is 0. The molecule has 0 saturated heterocycles. The molecule has 0 N–H and O–H groups in total. The van der Waals surface area contributed by atoms with E-state index in [0.29, 0.717) is 10.9 Å². The fraction of sp³-hybridized carbons (Fsp3) is 0.167. The van der Waals surface area contributed by atoms with Crippen LogP contribution in [0.15, 0.2) is 35.6 Å². The Labute approximate surface area is 103 Å². The van der Waals surface area contributed by atoms with Gasteiger partial charge in [0.05, 0.1) is 23.4 Å². The predicted octanol–water partition coefficient (Wildman–Crippen LogP) is 3.35. The van der Waals surface area contributed by atoms with Crippen LogP contribution in [0.4, 0.5) is 5.69 Å². The topological polar surface area (TPSA) is 88.0 Å². The standard InChI is InChI=1S/C12H10N4O2/c1-2-18-12(17)9-7-14-10-6-4-3-5-8(10)11(9)15-16-13/h3-7H,2H2,1H3. The molecule has 6 nitrogen and oxygen atoms in total. The van der Waals surface area contributed by atoms with Crippen LogP contribution in [0.2, 0.25) is 0 Å². The molecule has 1 heterocycles. The summed E-state index contributed by atoms with van der Waals surface area (Å²) in [5.41, 5.74) is 9.69. The molecule has 1 aromatic carbocycles. The summed E-state index contributed by atoms with van der Waals surface area (Å²) in [6, 6.07) is 7.13. The number of azide groups is 1. The second-order valence-electron chi connectivity index (χ2n) is 3.45. The van der Waals surface area contributed by atoms with Crippen molar-refractivity contribution in [3.05, 3.63) is 46.5 Å². The highest BCUT2D eigenvalue weighted by atomic mass is 16.5. The molecule has 90 valence electrons. The molecular formula is C12H10N4O2. The van der Waals surface area contributed by atoms with Crippen molar-refractivity contribution in [3.63, 3.8) is 0 Å². The van der Waals surface area contributed by atoms with Crippen molar-refractivity contribution in [2.45, 2.75) is 6.92 Å². The molecule has 0 spiro atoms. The van der Waals surface area contributed by atoms with Crippen LogP contribution >= 0.6 is 0 Å². The number of benzene rings is 1. The minimum Gasteiger partial charge on any atom is -0.462 e. The number of aromatic nitrogens is 1. The SMILES string of the molecule is CCOC(=O)c1cnc2ccccc2c1N=[N+]=[N-]. The van der Waals surface area contributed by atoms with E-state index in [-0.39, 0.29) is 17.9 Å². The zero-order chi connectivity index (χ0) is 13.0. The van der Waals surface area contributed by atoms with Crippen molar-refractivity contribution in [3.8, 4) is 0 Å². The number of nitrogens with zero attached hydrogens (tertiary/aromatic N) is 4. The maximum Gasteiger partial charge on any atom is 0.340 e. The Balaban J connectivity index is 2.70. The van der Waals surface area contributed by atoms with Gasteiger partial charge in [0.2, 0.25) is 0 Å². The molecule has 2 aromatic rings. The van der Waals surface area contributed by atoms with Gasteiger partial charge in [0.25, 0.3) is 0 Å². The van der Waals surface area contributed by atoms with E-state index in [0.717, 1.165) is 0 Å². The van der Waals surface area contributed by atoms with Crippen LogP contribution in [-0.2, 0) is 4.74 Å². The van der Waals surface area contributed by atoms with Crippen LogP contribution in [0.5, 0.6) is 0 Å². The maximum atomic E-state index is 11.7. The normalized spacial score (nSPS) is 9.83. The summed E-state index contributed by atoms with van der Waals surface area (Å²) in [6.07, 6.45) is 1.37. The van der Waals surface area contributed by atoms with Crippen molar-refractivity contribution in [2.24, 2.45) is 5.11 Å². The molecule has 2 rings (SSSR count). The Morgan fingerprint density at radius 3 is 3.00 bits per heavy atom. The average Bonchev–Trinajstić information content (AvgIpc) is 2.39. The highest BCUT2D eigenvalue weighted by molar-refractivity contribution is 6.03. The van der Waals surface area contributed by atoms with Gasteiger partial charge in [0.15, 0.2) is 0 Å². The van der Waals surface area contributed by atoms with Gasteiger partial charge in [-0.15, -0.1) is 0 Å². The van der Waals surface area contributed by atoms with Crippen LogP contribution in [0.3, 0.4) is 0 Å². The summed E-state index contributed by atoms with van der Waals surface area (Å²) in [4.78, 5) is 18.6. The Bertz CT molecular complexity index is 648. The average molecular weight is 242 g/mol. The molecule has 0 fully saturated rings. The molecular weight excluding hydrogens is 232 g/mol. The lowest BCUT2D eigenvalue weighted by molar-refractivity contribution is 0.0527. The monoisotopic (exact) mass is 242 g/mol. The molecule has 0 bridgehead atoms. The number of para-hydroxylation sites is 1. The third-order valence-electron chi connectivity index (χ3n) is 2.39. The zero-order valence-corrected chi connectivity index (χ0v) is 9.70. The second-order valence-corrected chi connectivity index (χ2v) is 3.45. The first-order valence-electron chi connectivity index (χ1n) is 5.38. The molecule has 0 saturated carbocycles. The molecule has 6 heteroatoms. The number of ether oxygens (including phenoxy) is 1. The van der Waals surface area contributed by atoms with Gasteiger partial charge in [-0.3, -0.25) is 4.98 Å².